The maximum atomic E-state index is 12.0. The number of nitro benzene ring substituents is 1. The zero-order valence-corrected chi connectivity index (χ0v) is 10.5. The third-order valence-corrected chi connectivity index (χ3v) is 2.52. The Morgan fingerprint density at radius 3 is 2.72 bits per heavy atom. The summed E-state index contributed by atoms with van der Waals surface area (Å²) >= 11 is 0. The van der Waals surface area contributed by atoms with E-state index in [1.165, 1.54) is 17.0 Å². The lowest BCUT2D eigenvalue weighted by Gasteiger charge is -2.16. The molecule has 0 fully saturated rings. The van der Waals surface area contributed by atoms with E-state index in [2.05, 4.69) is 0 Å². The second-order valence-corrected chi connectivity index (χ2v) is 3.85. The molecule has 0 aliphatic heterocycles. The highest BCUT2D eigenvalue weighted by Gasteiger charge is 2.21. The minimum atomic E-state index is -0.545. The number of benzene rings is 1. The van der Waals surface area contributed by atoms with Crippen molar-refractivity contribution in [2.75, 3.05) is 27.3 Å². The van der Waals surface area contributed by atoms with Crippen LogP contribution in [0.4, 0.5) is 5.69 Å². The van der Waals surface area contributed by atoms with Crippen molar-refractivity contribution in [3.8, 4) is 0 Å². The third kappa shape index (κ3) is 3.53. The number of methoxy groups -OCH3 is 1. The summed E-state index contributed by atoms with van der Waals surface area (Å²) in [6.45, 7) is 1.05. The number of carbonyl (C=O) groups is 1. The first-order valence-corrected chi connectivity index (χ1v) is 5.55. The highest BCUT2D eigenvalue weighted by molar-refractivity contribution is 5.97. The second kappa shape index (κ2) is 6.70. The van der Waals surface area contributed by atoms with Crippen molar-refractivity contribution in [3.05, 3.63) is 39.9 Å². The first-order chi connectivity index (χ1) is 8.57. The Bertz CT molecular complexity index is 434. The van der Waals surface area contributed by atoms with E-state index in [0.29, 0.717) is 19.6 Å². The molecule has 0 aromatic heterocycles. The number of carbonyl (C=O) groups excluding carboxylic acids is 1. The van der Waals surface area contributed by atoms with Gasteiger partial charge in [-0.25, -0.2) is 0 Å². The van der Waals surface area contributed by atoms with Crippen LogP contribution in [-0.4, -0.2) is 43.0 Å². The lowest BCUT2D eigenvalue weighted by molar-refractivity contribution is -0.385. The number of nitrogens with zero attached hydrogens (tertiary/aromatic N) is 2. The van der Waals surface area contributed by atoms with Gasteiger partial charge < -0.3 is 9.64 Å². The van der Waals surface area contributed by atoms with Gasteiger partial charge in [-0.2, -0.15) is 0 Å². The minimum Gasteiger partial charge on any atom is -0.385 e. The first-order valence-electron chi connectivity index (χ1n) is 5.55. The van der Waals surface area contributed by atoms with Gasteiger partial charge in [-0.1, -0.05) is 12.1 Å². The summed E-state index contributed by atoms with van der Waals surface area (Å²) in [4.78, 5) is 23.8. The van der Waals surface area contributed by atoms with Crippen LogP contribution in [-0.2, 0) is 4.74 Å². The highest BCUT2D eigenvalue weighted by Crippen LogP contribution is 2.19. The van der Waals surface area contributed by atoms with Crippen molar-refractivity contribution >= 4 is 11.6 Å². The molecule has 18 heavy (non-hydrogen) atoms. The van der Waals surface area contributed by atoms with E-state index in [1.807, 2.05) is 0 Å². The van der Waals surface area contributed by atoms with Crippen molar-refractivity contribution in [1.29, 1.82) is 0 Å². The van der Waals surface area contributed by atoms with Crippen LogP contribution < -0.4 is 0 Å². The van der Waals surface area contributed by atoms with Gasteiger partial charge in [0.25, 0.3) is 11.6 Å². The summed E-state index contributed by atoms with van der Waals surface area (Å²) < 4.78 is 4.89. The monoisotopic (exact) mass is 252 g/mol. The smallest absolute Gasteiger partial charge is 0.282 e. The molecule has 1 amide bonds. The fourth-order valence-electron chi connectivity index (χ4n) is 1.57. The summed E-state index contributed by atoms with van der Waals surface area (Å²) in [5.41, 5.74) is -0.0523. The number of rotatable bonds is 6. The Kier molecular flexibility index (Phi) is 5.26. The SMILES string of the molecule is COCCCN(C)C(=O)c1ccccc1[N+](=O)[O-]. The van der Waals surface area contributed by atoms with Gasteiger partial charge in [0.15, 0.2) is 0 Å². The molecule has 0 N–H and O–H groups in total. The molecule has 0 saturated heterocycles. The molecule has 0 aliphatic carbocycles. The Labute approximate surface area is 105 Å². The molecular weight excluding hydrogens is 236 g/mol. The van der Waals surface area contributed by atoms with E-state index in [4.69, 9.17) is 4.74 Å². The van der Waals surface area contributed by atoms with Gasteiger partial charge in [-0.05, 0) is 12.5 Å². The number of hydrogen-bond acceptors (Lipinski definition) is 4. The molecule has 1 aromatic carbocycles. The van der Waals surface area contributed by atoms with E-state index in [1.54, 1.807) is 26.3 Å². The predicted octanol–water partition coefficient (Wildman–Crippen LogP) is 1.70. The van der Waals surface area contributed by atoms with Crippen LogP contribution in [0.15, 0.2) is 24.3 Å². The normalized spacial score (nSPS) is 10.1. The number of para-hydroxylation sites is 1. The summed E-state index contributed by atoms with van der Waals surface area (Å²) in [6.07, 6.45) is 0.694. The summed E-state index contributed by atoms with van der Waals surface area (Å²) in [5, 5.41) is 10.8. The Balaban J connectivity index is 2.80. The molecular formula is C12H16N2O4. The average molecular weight is 252 g/mol. The molecule has 6 heteroatoms. The predicted molar refractivity (Wildman–Crippen MR) is 66.5 cm³/mol. The van der Waals surface area contributed by atoms with Crippen molar-refractivity contribution in [2.24, 2.45) is 0 Å². The van der Waals surface area contributed by atoms with Crippen LogP contribution >= 0.6 is 0 Å². The number of ether oxygens (including phenoxy) is 1. The molecule has 0 spiro atoms. The molecule has 1 aromatic rings. The maximum absolute atomic E-state index is 12.0. The molecule has 6 nitrogen and oxygen atoms in total. The van der Waals surface area contributed by atoms with Gasteiger partial charge >= 0.3 is 0 Å². The summed E-state index contributed by atoms with van der Waals surface area (Å²) in [7, 11) is 3.21. The minimum absolute atomic E-state index is 0.113. The van der Waals surface area contributed by atoms with Crippen molar-refractivity contribution < 1.29 is 14.5 Å². The van der Waals surface area contributed by atoms with E-state index in [0.717, 1.165) is 0 Å². The molecule has 0 aliphatic rings. The molecule has 98 valence electrons. The largest absolute Gasteiger partial charge is 0.385 e. The maximum Gasteiger partial charge on any atom is 0.282 e. The van der Waals surface area contributed by atoms with Crippen LogP contribution in [0.1, 0.15) is 16.8 Å². The van der Waals surface area contributed by atoms with Crippen LogP contribution in [0.3, 0.4) is 0 Å². The van der Waals surface area contributed by atoms with Crippen molar-refractivity contribution in [1.82, 2.24) is 4.90 Å². The zero-order valence-electron chi connectivity index (χ0n) is 10.5. The van der Waals surface area contributed by atoms with E-state index >= 15 is 0 Å². The van der Waals surface area contributed by atoms with E-state index in [-0.39, 0.29) is 17.2 Å². The number of hydrogen-bond donors (Lipinski definition) is 0. The average Bonchev–Trinajstić information content (AvgIpc) is 2.38. The van der Waals surface area contributed by atoms with E-state index < -0.39 is 4.92 Å². The van der Waals surface area contributed by atoms with Gasteiger partial charge in [0, 0.05) is 33.4 Å². The lowest BCUT2D eigenvalue weighted by Crippen LogP contribution is -2.28. The Hall–Kier alpha value is -1.95. The van der Waals surface area contributed by atoms with Crippen LogP contribution in [0, 0.1) is 10.1 Å². The lowest BCUT2D eigenvalue weighted by atomic mass is 10.1. The zero-order chi connectivity index (χ0) is 13.5. The Morgan fingerprint density at radius 2 is 2.11 bits per heavy atom. The standard InChI is InChI=1S/C12H16N2O4/c1-13(8-5-9-18-2)12(15)10-6-3-4-7-11(10)14(16)17/h3-4,6-7H,5,8-9H2,1-2H3. The van der Waals surface area contributed by atoms with Crippen LogP contribution in [0.5, 0.6) is 0 Å². The van der Waals surface area contributed by atoms with Gasteiger partial charge in [0.05, 0.1) is 4.92 Å². The molecule has 1 rings (SSSR count). The highest BCUT2D eigenvalue weighted by atomic mass is 16.6. The summed E-state index contributed by atoms with van der Waals surface area (Å²) in [6, 6.07) is 5.95. The van der Waals surface area contributed by atoms with Gasteiger partial charge in [-0.15, -0.1) is 0 Å². The molecule has 0 radical (unpaired) electrons. The van der Waals surface area contributed by atoms with Gasteiger partial charge in [-0.3, -0.25) is 14.9 Å². The molecule has 0 saturated carbocycles. The second-order valence-electron chi connectivity index (χ2n) is 3.85. The molecule has 0 unspecified atom stereocenters. The molecule has 0 heterocycles. The van der Waals surface area contributed by atoms with Gasteiger partial charge in [0.1, 0.15) is 5.56 Å². The topological polar surface area (TPSA) is 72.7 Å². The fraction of sp³-hybridized carbons (Fsp3) is 0.417. The molecule has 0 bridgehead atoms. The van der Waals surface area contributed by atoms with Crippen LogP contribution in [0.2, 0.25) is 0 Å². The first kappa shape index (κ1) is 14.1. The fourth-order valence-corrected chi connectivity index (χ4v) is 1.57. The van der Waals surface area contributed by atoms with Gasteiger partial charge in [0.2, 0.25) is 0 Å². The Morgan fingerprint density at radius 1 is 1.44 bits per heavy atom. The number of nitro groups is 1. The molecule has 0 atom stereocenters. The third-order valence-electron chi connectivity index (χ3n) is 2.52. The van der Waals surface area contributed by atoms with E-state index in [9.17, 15) is 14.9 Å². The summed E-state index contributed by atoms with van der Waals surface area (Å²) in [5.74, 6) is -0.349. The van der Waals surface area contributed by atoms with Crippen molar-refractivity contribution in [3.63, 3.8) is 0 Å². The van der Waals surface area contributed by atoms with Crippen LogP contribution in [0.25, 0.3) is 0 Å². The quantitative estimate of drug-likeness (QED) is 0.439. The number of amides is 1. The van der Waals surface area contributed by atoms with Crippen molar-refractivity contribution in [2.45, 2.75) is 6.42 Å².